The minimum absolute atomic E-state index is 0.102. The quantitative estimate of drug-likeness (QED) is 0.675. The average molecular weight is 280 g/mol. The first-order valence-corrected chi connectivity index (χ1v) is 7.38. The summed E-state index contributed by atoms with van der Waals surface area (Å²) in [5, 5.41) is 0. The highest BCUT2D eigenvalue weighted by Crippen LogP contribution is 2.35. The van der Waals surface area contributed by atoms with Gasteiger partial charge in [-0.2, -0.15) is 4.57 Å². The first-order valence-electron chi connectivity index (χ1n) is 7.38. The SMILES string of the molecule is Cn1c(=O)n(C2CC2)c2cc[n+](Cc3ccccc3)cc21. The van der Waals surface area contributed by atoms with E-state index in [0.717, 1.165) is 30.4 Å². The average Bonchev–Trinajstić information content (AvgIpc) is 3.30. The van der Waals surface area contributed by atoms with Crippen molar-refractivity contribution in [2.24, 2.45) is 7.05 Å². The summed E-state index contributed by atoms with van der Waals surface area (Å²) in [7, 11) is 1.86. The van der Waals surface area contributed by atoms with E-state index in [2.05, 4.69) is 35.2 Å². The molecule has 1 aliphatic rings. The number of pyridine rings is 1. The van der Waals surface area contributed by atoms with Crippen molar-refractivity contribution in [3.05, 3.63) is 64.8 Å². The van der Waals surface area contributed by atoms with Gasteiger partial charge in [0, 0.05) is 24.7 Å². The van der Waals surface area contributed by atoms with Gasteiger partial charge in [0.05, 0.1) is 5.52 Å². The van der Waals surface area contributed by atoms with Gasteiger partial charge in [-0.3, -0.25) is 9.13 Å². The van der Waals surface area contributed by atoms with Gasteiger partial charge in [-0.05, 0) is 12.8 Å². The first-order chi connectivity index (χ1) is 10.2. The summed E-state index contributed by atoms with van der Waals surface area (Å²) in [4.78, 5) is 12.4. The molecule has 21 heavy (non-hydrogen) atoms. The van der Waals surface area contributed by atoms with E-state index in [1.807, 2.05) is 29.8 Å². The van der Waals surface area contributed by atoms with E-state index in [1.165, 1.54) is 5.56 Å². The molecule has 3 aromatic rings. The van der Waals surface area contributed by atoms with Crippen LogP contribution in [0.15, 0.2) is 53.6 Å². The highest BCUT2D eigenvalue weighted by atomic mass is 16.1. The topological polar surface area (TPSA) is 30.8 Å². The normalized spacial score (nSPS) is 14.7. The molecule has 4 rings (SSSR count). The third-order valence-corrected chi connectivity index (χ3v) is 4.21. The van der Waals surface area contributed by atoms with Crippen molar-refractivity contribution in [3.8, 4) is 0 Å². The van der Waals surface area contributed by atoms with Gasteiger partial charge in [-0.1, -0.05) is 30.3 Å². The number of fused-ring (bicyclic) bond motifs is 1. The molecular formula is C17H18N3O+. The zero-order chi connectivity index (χ0) is 14.4. The Bertz CT molecular complexity index is 857. The molecule has 0 radical (unpaired) electrons. The van der Waals surface area contributed by atoms with Gasteiger partial charge in [-0.15, -0.1) is 0 Å². The number of hydrogen-bond acceptors (Lipinski definition) is 1. The molecule has 0 saturated heterocycles. The molecule has 0 atom stereocenters. The van der Waals surface area contributed by atoms with Crippen molar-refractivity contribution in [3.63, 3.8) is 0 Å². The summed E-state index contributed by atoms with van der Waals surface area (Å²) in [6, 6.07) is 12.8. The summed E-state index contributed by atoms with van der Waals surface area (Å²) >= 11 is 0. The molecule has 4 heteroatoms. The van der Waals surface area contributed by atoms with Crippen molar-refractivity contribution in [2.75, 3.05) is 0 Å². The van der Waals surface area contributed by atoms with E-state index in [1.54, 1.807) is 4.57 Å². The van der Waals surface area contributed by atoms with Crippen LogP contribution in [0.4, 0.5) is 0 Å². The first kappa shape index (κ1) is 12.4. The van der Waals surface area contributed by atoms with Crippen LogP contribution in [0.25, 0.3) is 11.0 Å². The Kier molecular flexibility index (Phi) is 2.70. The van der Waals surface area contributed by atoms with E-state index in [0.29, 0.717) is 6.04 Å². The third-order valence-electron chi connectivity index (χ3n) is 4.21. The largest absolute Gasteiger partial charge is 0.329 e. The van der Waals surface area contributed by atoms with Crippen LogP contribution in [0, 0.1) is 0 Å². The molecule has 4 nitrogen and oxygen atoms in total. The van der Waals surface area contributed by atoms with Crippen molar-refractivity contribution < 1.29 is 4.57 Å². The number of aromatic nitrogens is 3. The second kappa shape index (κ2) is 4.58. The molecule has 1 aromatic carbocycles. The Balaban J connectivity index is 1.80. The van der Waals surface area contributed by atoms with Gasteiger partial charge < -0.3 is 0 Å². The lowest BCUT2D eigenvalue weighted by Crippen LogP contribution is -2.33. The van der Waals surface area contributed by atoms with Crippen molar-refractivity contribution in [1.82, 2.24) is 9.13 Å². The summed E-state index contributed by atoms with van der Waals surface area (Å²) in [5.74, 6) is 0. The predicted octanol–water partition coefficient (Wildman–Crippen LogP) is 2.01. The lowest BCUT2D eigenvalue weighted by molar-refractivity contribution is -0.687. The zero-order valence-electron chi connectivity index (χ0n) is 12.1. The van der Waals surface area contributed by atoms with Gasteiger partial charge in [0.25, 0.3) is 0 Å². The van der Waals surface area contributed by atoms with Gasteiger partial charge in [-0.25, -0.2) is 4.79 Å². The molecule has 0 unspecified atom stereocenters. The molecule has 0 bridgehead atoms. The fourth-order valence-corrected chi connectivity index (χ4v) is 2.93. The fourth-order valence-electron chi connectivity index (χ4n) is 2.93. The smallest absolute Gasteiger partial charge is 0.290 e. The Morgan fingerprint density at radius 1 is 1.14 bits per heavy atom. The van der Waals surface area contributed by atoms with Gasteiger partial charge in [0.1, 0.15) is 5.52 Å². The second-order valence-corrected chi connectivity index (χ2v) is 5.82. The molecule has 0 amide bonds. The van der Waals surface area contributed by atoms with E-state index in [4.69, 9.17) is 0 Å². The fraction of sp³-hybridized carbons (Fsp3) is 0.294. The molecule has 2 heterocycles. The Hall–Kier alpha value is -2.36. The van der Waals surface area contributed by atoms with Gasteiger partial charge in [0.2, 0.25) is 0 Å². The summed E-state index contributed by atoms with van der Waals surface area (Å²) in [6.07, 6.45) is 6.38. The highest BCUT2D eigenvalue weighted by molar-refractivity contribution is 5.74. The monoisotopic (exact) mass is 280 g/mol. The molecule has 1 saturated carbocycles. The minimum atomic E-state index is 0.102. The maximum Gasteiger partial charge on any atom is 0.329 e. The number of rotatable bonds is 3. The molecule has 0 aliphatic heterocycles. The van der Waals surface area contributed by atoms with Crippen LogP contribution < -0.4 is 10.3 Å². The number of hydrogen-bond donors (Lipinski definition) is 0. The second-order valence-electron chi connectivity index (χ2n) is 5.82. The Labute approximate surface area is 122 Å². The molecule has 0 N–H and O–H groups in total. The van der Waals surface area contributed by atoms with E-state index >= 15 is 0 Å². The molecule has 1 aliphatic carbocycles. The zero-order valence-corrected chi connectivity index (χ0v) is 12.1. The molecular weight excluding hydrogens is 262 g/mol. The molecule has 0 spiro atoms. The van der Waals surface area contributed by atoms with Crippen LogP contribution >= 0.6 is 0 Å². The maximum atomic E-state index is 12.4. The standard InChI is InChI=1S/C17H18N3O/c1-18-16-12-19(11-13-5-3-2-4-6-13)10-9-15(16)20(17(18)21)14-7-8-14/h2-6,9-10,12,14H,7-8,11H2,1H3/q+1. The van der Waals surface area contributed by atoms with Crippen molar-refractivity contribution in [2.45, 2.75) is 25.4 Å². The van der Waals surface area contributed by atoms with Crippen LogP contribution in [0.5, 0.6) is 0 Å². The summed E-state index contributed by atoms with van der Waals surface area (Å²) < 4.78 is 5.84. The van der Waals surface area contributed by atoms with E-state index in [-0.39, 0.29) is 5.69 Å². The van der Waals surface area contributed by atoms with Crippen LogP contribution in [-0.2, 0) is 13.6 Å². The number of imidazole rings is 1. The summed E-state index contributed by atoms with van der Waals surface area (Å²) in [5.41, 5.74) is 3.41. The lowest BCUT2D eigenvalue weighted by atomic mass is 10.2. The minimum Gasteiger partial charge on any atom is -0.290 e. The molecule has 2 aromatic heterocycles. The van der Waals surface area contributed by atoms with Crippen LogP contribution in [0.1, 0.15) is 24.4 Å². The molecule has 106 valence electrons. The van der Waals surface area contributed by atoms with E-state index in [9.17, 15) is 4.79 Å². The number of aryl methyl sites for hydroxylation is 1. The van der Waals surface area contributed by atoms with E-state index < -0.39 is 0 Å². The lowest BCUT2D eigenvalue weighted by Gasteiger charge is -2.00. The van der Waals surface area contributed by atoms with Crippen molar-refractivity contribution in [1.29, 1.82) is 0 Å². The Morgan fingerprint density at radius 2 is 1.90 bits per heavy atom. The van der Waals surface area contributed by atoms with Crippen LogP contribution in [0.3, 0.4) is 0 Å². The number of nitrogens with zero attached hydrogens (tertiary/aromatic N) is 3. The highest BCUT2D eigenvalue weighted by Gasteiger charge is 2.29. The molecule has 1 fully saturated rings. The summed E-state index contributed by atoms with van der Waals surface area (Å²) in [6.45, 7) is 0.819. The maximum absolute atomic E-state index is 12.4. The van der Waals surface area contributed by atoms with Gasteiger partial charge >= 0.3 is 5.69 Å². The van der Waals surface area contributed by atoms with Crippen LogP contribution in [0.2, 0.25) is 0 Å². The number of benzene rings is 1. The predicted molar refractivity (Wildman–Crippen MR) is 81.2 cm³/mol. The Morgan fingerprint density at radius 3 is 2.62 bits per heavy atom. The van der Waals surface area contributed by atoms with Gasteiger partial charge in [0.15, 0.2) is 18.9 Å². The van der Waals surface area contributed by atoms with Crippen molar-refractivity contribution >= 4 is 11.0 Å². The van der Waals surface area contributed by atoms with Crippen LogP contribution in [-0.4, -0.2) is 9.13 Å². The third kappa shape index (κ3) is 2.07.